The molecule has 0 N–H and O–H groups in total. The normalized spacial score (nSPS) is 13.5. The van der Waals surface area contributed by atoms with Crippen molar-refractivity contribution in [3.05, 3.63) is 105 Å². The fourth-order valence-electron chi connectivity index (χ4n) is 6.07. The van der Waals surface area contributed by atoms with E-state index in [1.54, 1.807) is 24.3 Å². The number of rotatable bonds is 4. The van der Waals surface area contributed by atoms with Gasteiger partial charge >= 0.3 is 0 Å². The maximum Gasteiger partial charge on any atom is 0.138 e. The van der Waals surface area contributed by atoms with Gasteiger partial charge in [0.15, 0.2) is 0 Å². The van der Waals surface area contributed by atoms with Gasteiger partial charge in [-0.05, 0) is 22.3 Å². The first-order valence-corrected chi connectivity index (χ1v) is 21.6. The molecule has 0 heterocycles. The largest absolute Gasteiger partial charge is 0.192 e. The molecule has 218 valence electrons. The molecule has 0 saturated carbocycles. The van der Waals surface area contributed by atoms with Gasteiger partial charge < -0.3 is 0 Å². The molecule has 0 aliphatic heterocycles. The van der Waals surface area contributed by atoms with Crippen molar-refractivity contribution in [2.45, 2.75) is 39.3 Å². The van der Waals surface area contributed by atoms with Crippen molar-refractivity contribution < 1.29 is 0 Å². The Bertz CT molecular complexity index is 2070. The molecule has 0 unspecified atom stereocenters. The Morgan fingerprint density at radius 2 is 0.783 bits per heavy atom. The van der Waals surface area contributed by atoms with Gasteiger partial charge in [0.25, 0.3) is 0 Å². The van der Waals surface area contributed by atoms with Crippen LogP contribution in [0.4, 0.5) is 0 Å². The van der Waals surface area contributed by atoms with E-state index in [4.69, 9.17) is 0 Å². The molecule has 0 amide bonds. The second-order valence-electron chi connectivity index (χ2n) is 13.3. The zero-order valence-electron chi connectivity index (χ0n) is 26.5. The molecule has 0 bridgehead atoms. The molecule has 0 spiro atoms. The first kappa shape index (κ1) is 31.4. The van der Waals surface area contributed by atoms with Crippen molar-refractivity contribution in [3.8, 4) is 36.4 Å². The third-order valence-electron chi connectivity index (χ3n) is 8.48. The molecular weight excluding hydrogens is 597 g/mol. The predicted octanol–water partition coefficient (Wildman–Crippen LogP) is 7.27. The average Bonchev–Trinajstić information content (AvgIpc) is 3.53. The van der Waals surface area contributed by atoms with Crippen molar-refractivity contribution >= 4 is 60.0 Å². The van der Waals surface area contributed by atoms with E-state index in [9.17, 15) is 31.6 Å². The summed E-state index contributed by atoms with van der Waals surface area (Å²) in [5.41, 5.74) is 6.49. The highest BCUT2D eigenvalue weighted by molar-refractivity contribution is 6.89. The number of fused-ring (bicyclic) bond motifs is 2. The fraction of sp³-hybridized carbons (Fsp3) is 0.158. The summed E-state index contributed by atoms with van der Waals surface area (Å²) < 4.78 is 0. The maximum absolute atomic E-state index is 10.4. The van der Waals surface area contributed by atoms with E-state index in [2.05, 4.69) is 51.4 Å². The molecule has 6 nitrogen and oxygen atoms in total. The Kier molecular flexibility index (Phi) is 7.85. The smallest absolute Gasteiger partial charge is 0.138 e. The van der Waals surface area contributed by atoms with Crippen molar-refractivity contribution in [2.24, 2.45) is 0 Å². The van der Waals surface area contributed by atoms with Gasteiger partial charge in [-0.3, -0.25) is 0 Å². The van der Waals surface area contributed by atoms with Gasteiger partial charge in [0.1, 0.15) is 47.6 Å². The Morgan fingerprint density at radius 3 is 1.04 bits per heavy atom. The lowest BCUT2D eigenvalue weighted by atomic mass is 9.89. The molecule has 2 aliphatic carbocycles. The number of hydrogen-bond acceptors (Lipinski definition) is 6. The highest BCUT2D eigenvalue weighted by Gasteiger charge is 2.34. The van der Waals surface area contributed by atoms with Gasteiger partial charge in [-0.1, -0.05) is 110 Å². The summed E-state index contributed by atoms with van der Waals surface area (Å²) in [4.78, 5) is 0. The van der Waals surface area contributed by atoms with Gasteiger partial charge in [-0.15, -0.1) is 0 Å². The van der Waals surface area contributed by atoms with Crippen LogP contribution in [0.3, 0.4) is 0 Å². The molecule has 0 saturated heterocycles. The average molecular weight is 625 g/mol. The molecule has 46 heavy (non-hydrogen) atoms. The number of hydrogen-bond donors (Lipinski definition) is 0. The van der Waals surface area contributed by atoms with Crippen molar-refractivity contribution in [3.63, 3.8) is 0 Å². The molecule has 0 atom stereocenters. The van der Waals surface area contributed by atoms with Crippen LogP contribution >= 0.6 is 0 Å². The minimum absolute atomic E-state index is 0.0804. The topological polar surface area (TPSA) is 143 Å². The standard InChI is InChI=1S/C38H28N6Si2/c1-45(2,3)27-11-13-29-31(15-27)33(21-43)35(37(29)25(17-39)18-40)23-7-9-24(10-8-23)36-34(22-44)32-16-28(46(4,5)6)12-14-30(32)38(36)26(19-41)20-42/h7-16H,1-6H3. The van der Waals surface area contributed by atoms with Crippen LogP contribution in [0.15, 0.2) is 71.8 Å². The maximum atomic E-state index is 10.4. The Balaban J connectivity index is 1.76. The second-order valence-corrected chi connectivity index (χ2v) is 23.4. The Labute approximate surface area is 271 Å². The van der Waals surface area contributed by atoms with Crippen molar-refractivity contribution in [1.29, 1.82) is 31.6 Å². The van der Waals surface area contributed by atoms with Crippen LogP contribution in [0.1, 0.15) is 33.4 Å². The number of benzene rings is 3. The van der Waals surface area contributed by atoms with Gasteiger partial charge in [0, 0.05) is 33.4 Å². The van der Waals surface area contributed by atoms with E-state index < -0.39 is 16.1 Å². The van der Waals surface area contributed by atoms with E-state index in [0.29, 0.717) is 66.8 Å². The zero-order valence-corrected chi connectivity index (χ0v) is 28.5. The Hall–Kier alpha value is -6.01. The first-order chi connectivity index (χ1) is 21.8. The van der Waals surface area contributed by atoms with Gasteiger partial charge in [0.2, 0.25) is 0 Å². The lowest BCUT2D eigenvalue weighted by molar-refractivity contribution is 1.46. The van der Waals surface area contributed by atoms with Crippen LogP contribution in [0.5, 0.6) is 0 Å². The van der Waals surface area contributed by atoms with Crippen LogP contribution in [0.25, 0.3) is 33.4 Å². The minimum Gasteiger partial charge on any atom is -0.192 e. The third kappa shape index (κ3) is 5.00. The third-order valence-corrected chi connectivity index (χ3v) is 12.6. The Morgan fingerprint density at radius 1 is 0.457 bits per heavy atom. The summed E-state index contributed by atoms with van der Waals surface area (Å²) in [5.74, 6) is 0. The highest BCUT2D eigenvalue weighted by Crippen LogP contribution is 2.50. The van der Waals surface area contributed by atoms with Crippen molar-refractivity contribution in [2.75, 3.05) is 0 Å². The molecule has 3 aromatic rings. The first-order valence-electron chi connectivity index (χ1n) is 14.6. The summed E-state index contributed by atoms with van der Waals surface area (Å²) in [6.45, 7) is 13.3. The van der Waals surface area contributed by atoms with E-state index in [-0.39, 0.29) is 11.1 Å². The monoisotopic (exact) mass is 624 g/mol. The molecule has 8 heteroatoms. The minimum atomic E-state index is -1.74. The molecule has 5 rings (SSSR count). The summed E-state index contributed by atoms with van der Waals surface area (Å²) in [7, 11) is -3.48. The van der Waals surface area contributed by atoms with Crippen LogP contribution in [0, 0.1) is 68.0 Å². The molecule has 0 aromatic heterocycles. The number of nitrogens with zero attached hydrogens (tertiary/aromatic N) is 6. The van der Waals surface area contributed by atoms with Crippen LogP contribution in [-0.2, 0) is 0 Å². The molecular formula is C38H28N6Si2. The van der Waals surface area contributed by atoms with E-state index in [0.717, 1.165) is 10.4 Å². The molecule has 0 fully saturated rings. The van der Waals surface area contributed by atoms with Gasteiger partial charge in [-0.25, -0.2) is 0 Å². The predicted molar refractivity (Wildman–Crippen MR) is 186 cm³/mol. The number of nitriles is 6. The molecule has 0 radical (unpaired) electrons. The second kappa shape index (κ2) is 11.5. The lowest BCUT2D eigenvalue weighted by Gasteiger charge is -2.18. The summed E-state index contributed by atoms with van der Waals surface area (Å²) in [6, 6.07) is 31.9. The van der Waals surface area contributed by atoms with Gasteiger partial charge in [-0.2, -0.15) is 31.6 Å². The van der Waals surface area contributed by atoms with E-state index >= 15 is 0 Å². The lowest BCUT2D eigenvalue weighted by Crippen LogP contribution is -2.37. The molecule has 2 aliphatic rings. The quantitative estimate of drug-likeness (QED) is 0.221. The number of allylic oxidation sites excluding steroid dienone is 8. The summed E-state index contributed by atoms with van der Waals surface area (Å²) >= 11 is 0. The van der Waals surface area contributed by atoms with Crippen LogP contribution < -0.4 is 10.4 Å². The fourth-order valence-corrected chi connectivity index (χ4v) is 8.39. The van der Waals surface area contributed by atoms with Crippen molar-refractivity contribution in [1.82, 2.24) is 0 Å². The zero-order chi connectivity index (χ0) is 33.6. The summed E-state index contributed by atoms with van der Waals surface area (Å²) in [5, 5.41) is 62.8. The van der Waals surface area contributed by atoms with Gasteiger partial charge in [0.05, 0.1) is 27.3 Å². The molecule has 3 aromatic carbocycles. The SMILES string of the molecule is C[Si](C)(C)c1ccc2c(c1)C(C#N)=C(c1ccc(C3=C(C#N)c4cc([Si](C)(C)C)ccc4C3=C(C#N)C#N)cc1)C2=C(C#N)C#N. The van der Waals surface area contributed by atoms with Crippen LogP contribution in [0.2, 0.25) is 39.3 Å². The summed E-state index contributed by atoms with van der Waals surface area (Å²) in [6.07, 6.45) is 0. The van der Waals surface area contributed by atoms with E-state index in [1.807, 2.05) is 60.7 Å². The van der Waals surface area contributed by atoms with Crippen LogP contribution in [-0.4, -0.2) is 16.1 Å². The highest BCUT2D eigenvalue weighted by atomic mass is 28.3. The van der Waals surface area contributed by atoms with E-state index in [1.165, 1.54) is 0 Å².